The highest BCUT2D eigenvalue weighted by molar-refractivity contribution is 5.55. The van der Waals surface area contributed by atoms with Crippen LogP contribution in [0.15, 0.2) is 22.7 Å². The molecule has 2 aromatic rings. The third-order valence-electron chi connectivity index (χ3n) is 3.18. The zero-order valence-corrected chi connectivity index (χ0v) is 11.7. The van der Waals surface area contributed by atoms with E-state index in [-0.39, 0.29) is 17.3 Å². The molecule has 0 bridgehead atoms. The standard InChI is InChI=1S/C14H18FN3O2/c1-14(2,3)11(16)7-12-17-13(18-20-12)8-4-5-10(19)9(15)6-8/h4-6,11,19H,7,16H2,1-3H3. The second-order valence-corrected chi connectivity index (χ2v) is 5.85. The number of aromatic nitrogens is 2. The molecule has 0 fully saturated rings. The minimum absolute atomic E-state index is 0.0702. The lowest BCUT2D eigenvalue weighted by atomic mass is 9.85. The number of aromatic hydroxyl groups is 1. The second-order valence-electron chi connectivity index (χ2n) is 5.85. The van der Waals surface area contributed by atoms with Crippen molar-refractivity contribution in [2.45, 2.75) is 33.2 Å². The van der Waals surface area contributed by atoms with E-state index in [4.69, 9.17) is 15.4 Å². The molecular weight excluding hydrogens is 261 g/mol. The Morgan fingerprint density at radius 3 is 2.70 bits per heavy atom. The highest BCUT2D eigenvalue weighted by Gasteiger charge is 2.23. The molecule has 0 aliphatic carbocycles. The highest BCUT2D eigenvalue weighted by atomic mass is 19.1. The SMILES string of the molecule is CC(C)(C)C(N)Cc1nc(-c2ccc(O)c(F)c2)no1. The molecule has 0 aliphatic rings. The first-order valence-corrected chi connectivity index (χ1v) is 6.34. The summed E-state index contributed by atoms with van der Waals surface area (Å²) in [7, 11) is 0. The third kappa shape index (κ3) is 3.14. The van der Waals surface area contributed by atoms with Crippen molar-refractivity contribution in [3.63, 3.8) is 0 Å². The van der Waals surface area contributed by atoms with Crippen molar-refractivity contribution in [2.24, 2.45) is 11.1 Å². The molecule has 1 aromatic carbocycles. The van der Waals surface area contributed by atoms with Crippen molar-refractivity contribution in [1.29, 1.82) is 0 Å². The lowest BCUT2D eigenvalue weighted by molar-refractivity contribution is 0.286. The Bertz CT molecular complexity index is 605. The Hall–Kier alpha value is -1.95. The van der Waals surface area contributed by atoms with Crippen LogP contribution in [0.1, 0.15) is 26.7 Å². The van der Waals surface area contributed by atoms with Gasteiger partial charge in [-0.05, 0) is 23.6 Å². The molecule has 5 nitrogen and oxygen atoms in total. The van der Waals surface area contributed by atoms with Gasteiger partial charge in [-0.15, -0.1) is 0 Å². The Labute approximate surface area is 116 Å². The Morgan fingerprint density at radius 1 is 1.40 bits per heavy atom. The molecule has 0 aliphatic heterocycles. The highest BCUT2D eigenvalue weighted by Crippen LogP contribution is 2.24. The number of rotatable bonds is 3. The number of hydrogen-bond donors (Lipinski definition) is 2. The van der Waals surface area contributed by atoms with Crippen LogP contribution in [0.5, 0.6) is 5.75 Å². The number of halogens is 1. The van der Waals surface area contributed by atoms with Gasteiger partial charge < -0.3 is 15.4 Å². The van der Waals surface area contributed by atoms with Crippen molar-refractivity contribution < 1.29 is 14.0 Å². The lowest BCUT2D eigenvalue weighted by Gasteiger charge is -2.25. The molecule has 1 atom stereocenters. The van der Waals surface area contributed by atoms with E-state index in [2.05, 4.69) is 10.1 Å². The molecular formula is C14H18FN3O2. The quantitative estimate of drug-likeness (QED) is 0.901. The summed E-state index contributed by atoms with van der Waals surface area (Å²) in [4.78, 5) is 4.20. The molecule has 3 N–H and O–H groups in total. The maximum absolute atomic E-state index is 13.3. The first-order chi connectivity index (χ1) is 9.27. The third-order valence-corrected chi connectivity index (χ3v) is 3.18. The van der Waals surface area contributed by atoms with Crippen molar-refractivity contribution in [3.05, 3.63) is 29.9 Å². The Kier molecular flexibility index (Phi) is 3.76. The molecule has 0 saturated carbocycles. The first kappa shape index (κ1) is 14.5. The number of nitrogens with two attached hydrogens (primary N) is 1. The van der Waals surface area contributed by atoms with Gasteiger partial charge in [0.2, 0.25) is 11.7 Å². The van der Waals surface area contributed by atoms with Crippen LogP contribution in [-0.4, -0.2) is 21.3 Å². The summed E-state index contributed by atoms with van der Waals surface area (Å²) in [5.41, 5.74) is 6.43. The first-order valence-electron chi connectivity index (χ1n) is 6.34. The van der Waals surface area contributed by atoms with E-state index in [1.807, 2.05) is 20.8 Å². The van der Waals surface area contributed by atoms with E-state index in [1.54, 1.807) is 0 Å². The summed E-state index contributed by atoms with van der Waals surface area (Å²) < 4.78 is 18.4. The molecule has 20 heavy (non-hydrogen) atoms. The molecule has 108 valence electrons. The molecule has 1 aromatic heterocycles. The average molecular weight is 279 g/mol. The zero-order chi connectivity index (χ0) is 14.9. The summed E-state index contributed by atoms with van der Waals surface area (Å²) in [6.07, 6.45) is 0.455. The van der Waals surface area contributed by atoms with Crippen LogP contribution >= 0.6 is 0 Å². The Morgan fingerprint density at radius 2 is 2.10 bits per heavy atom. The molecule has 0 saturated heterocycles. The van der Waals surface area contributed by atoms with Gasteiger partial charge in [-0.1, -0.05) is 25.9 Å². The normalized spacial score (nSPS) is 13.4. The summed E-state index contributed by atoms with van der Waals surface area (Å²) in [5.74, 6) is -0.441. The summed E-state index contributed by atoms with van der Waals surface area (Å²) in [6.45, 7) is 6.10. The summed E-state index contributed by atoms with van der Waals surface area (Å²) in [5, 5.41) is 13.0. The summed E-state index contributed by atoms with van der Waals surface area (Å²) >= 11 is 0. The molecule has 0 radical (unpaired) electrons. The molecule has 1 unspecified atom stereocenters. The molecule has 0 amide bonds. The predicted octanol–water partition coefficient (Wildman–Crippen LogP) is 2.50. The minimum atomic E-state index is -0.722. The monoisotopic (exact) mass is 279 g/mol. The van der Waals surface area contributed by atoms with E-state index in [0.717, 1.165) is 6.07 Å². The number of hydrogen-bond acceptors (Lipinski definition) is 5. The van der Waals surface area contributed by atoms with Crippen LogP contribution in [0, 0.1) is 11.2 Å². The van der Waals surface area contributed by atoms with Gasteiger partial charge in [0.25, 0.3) is 0 Å². The van der Waals surface area contributed by atoms with Gasteiger partial charge in [0.1, 0.15) is 0 Å². The summed E-state index contributed by atoms with van der Waals surface area (Å²) in [6, 6.07) is 3.82. The second kappa shape index (κ2) is 5.20. The van der Waals surface area contributed by atoms with Gasteiger partial charge >= 0.3 is 0 Å². The van der Waals surface area contributed by atoms with E-state index < -0.39 is 11.6 Å². The maximum Gasteiger partial charge on any atom is 0.228 e. The molecule has 0 spiro atoms. The number of phenolic OH excluding ortho intramolecular Hbond substituents is 1. The largest absolute Gasteiger partial charge is 0.505 e. The van der Waals surface area contributed by atoms with Gasteiger partial charge in [0.05, 0.1) is 0 Å². The van der Waals surface area contributed by atoms with E-state index in [9.17, 15) is 4.39 Å². The number of nitrogens with zero attached hydrogens (tertiary/aromatic N) is 2. The van der Waals surface area contributed by atoms with Crippen molar-refractivity contribution >= 4 is 0 Å². The van der Waals surface area contributed by atoms with E-state index >= 15 is 0 Å². The van der Waals surface area contributed by atoms with Crippen LogP contribution in [0.3, 0.4) is 0 Å². The van der Waals surface area contributed by atoms with Gasteiger partial charge in [0.15, 0.2) is 11.6 Å². The zero-order valence-electron chi connectivity index (χ0n) is 11.7. The van der Waals surface area contributed by atoms with Crippen LogP contribution in [-0.2, 0) is 6.42 Å². The number of phenols is 1. The van der Waals surface area contributed by atoms with Gasteiger partial charge in [-0.25, -0.2) is 4.39 Å². The van der Waals surface area contributed by atoms with Crippen LogP contribution in [0.2, 0.25) is 0 Å². The fraction of sp³-hybridized carbons (Fsp3) is 0.429. The average Bonchev–Trinajstić information content (AvgIpc) is 2.80. The van der Waals surface area contributed by atoms with Crippen LogP contribution in [0.4, 0.5) is 4.39 Å². The fourth-order valence-corrected chi connectivity index (χ4v) is 1.60. The lowest BCUT2D eigenvalue weighted by Crippen LogP contribution is -2.36. The molecule has 2 rings (SSSR count). The number of benzene rings is 1. The van der Waals surface area contributed by atoms with Gasteiger partial charge in [0, 0.05) is 18.0 Å². The topological polar surface area (TPSA) is 85.2 Å². The van der Waals surface area contributed by atoms with Crippen molar-refractivity contribution in [3.8, 4) is 17.1 Å². The fourth-order valence-electron chi connectivity index (χ4n) is 1.60. The maximum atomic E-state index is 13.3. The Balaban J connectivity index is 2.18. The van der Waals surface area contributed by atoms with Crippen molar-refractivity contribution in [2.75, 3.05) is 0 Å². The molecule has 1 heterocycles. The van der Waals surface area contributed by atoms with E-state index in [0.29, 0.717) is 17.9 Å². The van der Waals surface area contributed by atoms with Crippen molar-refractivity contribution in [1.82, 2.24) is 10.1 Å². The minimum Gasteiger partial charge on any atom is -0.505 e. The van der Waals surface area contributed by atoms with Gasteiger partial charge in [-0.2, -0.15) is 4.98 Å². The van der Waals surface area contributed by atoms with Crippen LogP contribution in [0.25, 0.3) is 11.4 Å². The van der Waals surface area contributed by atoms with Crippen LogP contribution < -0.4 is 5.73 Å². The molecule has 6 heteroatoms. The smallest absolute Gasteiger partial charge is 0.228 e. The predicted molar refractivity (Wildman–Crippen MR) is 72.5 cm³/mol. The van der Waals surface area contributed by atoms with E-state index in [1.165, 1.54) is 12.1 Å². The van der Waals surface area contributed by atoms with Gasteiger partial charge in [-0.3, -0.25) is 0 Å².